The lowest BCUT2D eigenvalue weighted by atomic mass is 9.83. The number of rotatable bonds is 8. The molecule has 4 rings (SSSR count). The number of nitrogens with one attached hydrogen (secondary N) is 2. The van der Waals surface area contributed by atoms with E-state index in [0.29, 0.717) is 30.8 Å². The summed E-state index contributed by atoms with van der Waals surface area (Å²) in [7, 11) is 0. The maximum Gasteiger partial charge on any atom is 0.264 e. The molecule has 2 aromatic carbocycles. The third kappa shape index (κ3) is 5.35. The Morgan fingerprint density at radius 3 is 2.77 bits per heavy atom. The summed E-state index contributed by atoms with van der Waals surface area (Å²) in [5, 5.41) is 27.0. The van der Waals surface area contributed by atoms with Crippen LogP contribution in [0.15, 0.2) is 59.1 Å². The van der Waals surface area contributed by atoms with E-state index in [-0.39, 0.29) is 24.3 Å². The van der Waals surface area contributed by atoms with Gasteiger partial charge in [-0.15, -0.1) is 0 Å². The summed E-state index contributed by atoms with van der Waals surface area (Å²) in [6.45, 7) is 3.77. The van der Waals surface area contributed by atoms with E-state index >= 15 is 0 Å². The van der Waals surface area contributed by atoms with Gasteiger partial charge in [0.2, 0.25) is 5.91 Å². The van der Waals surface area contributed by atoms with E-state index in [1.54, 1.807) is 30.0 Å². The minimum Gasteiger partial charge on any atom is -0.396 e. The largest absolute Gasteiger partial charge is 0.396 e. The Morgan fingerprint density at radius 1 is 1.31 bits per heavy atom. The molecule has 0 aliphatic carbocycles. The second-order valence-electron chi connectivity index (χ2n) is 9.28. The highest BCUT2D eigenvalue weighted by atomic mass is 79.9. The molecule has 0 aromatic heterocycles. The van der Waals surface area contributed by atoms with Crippen LogP contribution < -0.4 is 15.5 Å². The molecular formula is C27H32BrN3O4. The standard InChI is InChI=1S/C27H32BrN3O4/c1-18(5-2-3-14-32)27(35)23-15-21(28)9-12-24(23)31(26(27)34)17-19-7-10-22(11-8-19)30-25(33)20-6-4-13-29-16-20/h2,5,7-12,15,18,20,29,32,35H,3-4,6,13-14,16-17H2,1H3,(H,30,33)/b5-2+/t18-,20?,27+/m1/s1. The molecule has 1 fully saturated rings. The second kappa shape index (κ2) is 11.0. The first-order chi connectivity index (χ1) is 16.8. The van der Waals surface area contributed by atoms with Gasteiger partial charge in [-0.2, -0.15) is 0 Å². The fourth-order valence-corrected chi connectivity index (χ4v) is 5.15. The first-order valence-electron chi connectivity index (χ1n) is 12.1. The topological polar surface area (TPSA) is 102 Å². The summed E-state index contributed by atoms with van der Waals surface area (Å²) in [4.78, 5) is 27.7. The first kappa shape index (κ1) is 25.6. The summed E-state index contributed by atoms with van der Waals surface area (Å²) in [5.74, 6) is -0.861. The van der Waals surface area contributed by atoms with Crippen molar-refractivity contribution < 1.29 is 19.8 Å². The Labute approximate surface area is 214 Å². The van der Waals surface area contributed by atoms with Crippen molar-refractivity contribution in [2.24, 2.45) is 11.8 Å². The van der Waals surface area contributed by atoms with Crippen LogP contribution in [0.1, 0.15) is 37.3 Å². The maximum absolute atomic E-state index is 13.6. The highest BCUT2D eigenvalue weighted by molar-refractivity contribution is 9.10. The van der Waals surface area contributed by atoms with Crippen LogP contribution in [0.4, 0.5) is 11.4 Å². The molecular weight excluding hydrogens is 510 g/mol. The van der Waals surface area contributed by atoms with Gasteiger partial charge in [0.15, 0.2) is 5.60 Å². The molecule has 2 aromatic rings. The second-order valence-corrected chi connectivity index (χ2v) is 10.2. The number of hydrogen-bond acceptors (Lipinski definition) is 5. The Bertz CT molecular complexity index is 1100. The van der Waals surface area contributed by atoms with E-state index in [4.69, 9.17) is 5.11 Å². The lowest BCUT2D eigenvalue weighted by Crippen LogP contribution is -2.44. The number of benzene rings is 2. The number of carbonyl (C=O) groups is 2. The van der Waals surface area contributed by atoms with E-state index in [9.17, 15) is 14.7 Å². The number of fused-ring (bicyclic) bond motifs is 1. The van der Waals surface area contributed by atoms with Crippen LogP contribution in [0, 0.1) is 11.8 Å². The number of halogens is 1. The number of aliphatic hydroxyl groups excluding tert-OH is 1. The molecule has 2 aliphatic rings. The average Bonchev–Trinajstić information content (AvgIpc) is 3.08. The number of carbonyl (C=O) groups excluding carboxylic acids is 2. The number of anilines is 2. The lowest BCUT2D eigenvalue weighted by molar-refractivity contribution is -0.139. The molecule has 1 saturated heterocycles. The predicted octanol–water partition coefficient (Wildman–Crippen LogP) is 3.70. The van der Waals surface area contributed by atoms with Crippen LogP contribution in [0.25, 0.3) is 0 Å². The first-order valence-corrected chi connectivity index (χ1v) is 12.9. The zero-order chi connectivity index (χ0) is 25.0. The molecule has 0 spiro atoms. The average molecular weight is 542 g/mol. The minimum absolute atomic E-state index is 0.0118. The van der Waals surface area contributed by atoms with Gasteiger partial charge in [-0.1, -0.05) is 47.1 Å². The van der Waals surface area contributed by atoms with Gasteiger partial charge in [0.25, 0.3) is 5.91 Å². The van der Waals surface area contributed by atoms with Crippen LogP contribution in [-0.4, -0.2) is 41.7 Å². The Kier molecular flexibility index (Phi) is 8.06. The molecule has 186 valence electrons. The fraction of sp³-hybridized carbons (Fsp3) is 0.407. The van der Waals surface area contributed by atoms with Gasteiger partial charge in [-0.3, -0.25) is 9.59 Å². The summed E-state index contributed by atoms with van der Waals surface area (Å²) in [6, 6.07) is 13.0. The zero-order valence-corrected chi connectivity index (χ0v) is 21.4. The normalized spacial score (nSPS) is 22.9. The maximum atomic E-state index is 13.6. The van der Waals surface area contributed by atoms with Crippen molar-refractivity contribution in [1.82, 2.24) is 5.32 Å². The summed E-state index contributed by atoms with van der Waals surface area (Å²) in [5.41, 5.74) is 1.14. The molecule has 4 N–H and O–H groups in total. The minimum atomic E-state index is -1.70. The van der Waals surface area contributed by atoms with Crippen molar-refractivity contribution in [2.75, 3.05) is 29.9 Å². The van der Waals surface area contributed by atoms with Gasteiger partial charge in [-0.25, -0.2) is 0 Å². The monoisotopic (exact) mass is 541 g/mol. The van der Waals surface area contributed by atoms with Gasteiger partial charge in [-0.05, 0) is 61.7 Å². The van der Waals surface area contributed by atoms with E-state index in [2.05, 4.69) is 26.6 Å². The molecule has 35 heavy (non-hydrogen) atoms. The molecule has 2 aliphatic heterocycles. The van der Waals surface area contributed by atoms with E-state index in [0.717, 1.165) is 35.1 Å². The predicted molar refractivity (Wildman–Crippen MR) is 140 cm³/mol. The molecule has 0 bridgehead atoms. The summed E-state index contributed by atoms with van der Waals surface area (Å²) >= 11 is 3.46. The number of aliphatic hydroxyl groups is 2. The van der Waals surface area contributed by atoms with Crippen molar-refractivity contribution in [2.45, 2.75) is 38.3 Å². The van der Waals surface area contributed by atoms with Crippen LogP contribution in [0.3, 0.4) is 0 Å². The Morgan fingerprint density at radius 2 is 2.09 bits per heavy atom. The molecule has 2 amide bonds. The highest BCUT2D eigenvalue weighted by Crippen LogP contribution is 2.46. The SMILES string of the molecule is C[C@H](/C=C/CCO)[C@@]1(O)C(=O)N(Cc2ccc(NC(=O)C3CCCNC3)cc2)c2ccc(Br)cc21. The molecule has 1 unspecified atom stereocenters. The molecule has 2 heterocycles. The van der Waals surface area contributed by atoms with Gasteiger partial charge in [0.05, 0.1) is 18.2 Å². The Balaban J connectivity index is 1.52. The third-order valence-electron chi connectivity index (χ3n) is 6.84. The van der Waals surface area contributed by atoms with Crippen molar-refractivity contribution in [3.8, 4) is 0 Å². The fourth-order valence-electron chi connectivity index (χ4n) is 4.79. The third-order valence-corrected chi connectivity index (χ3v) is 7.33. The van der Waals surface area contributed by atoms with Gasteiger partial charge < -0.3 is 25.7 Å². The Hall–Kier alpha value is -2.52. The molecule has 0 saturated carbocycles. The molecule has 0 radical (unpaired) electrons. The highest BCUT2D eigenvalue weighted by Gasteiger charge is 2.52. The van der Waals surface area contributed by atoms with Crippen LogP contribution in [0.2, 0.25) is 0 Å². The van der Waals surface area contributed by atoms with E-state index in [1.165, 1.54) is 0 Å². The van der Waals surface area contributed by atoms with Gasteiger partial charge >= 0.3 is 0 Å². The number of piperidine rings is 1. The number of hydrogen-bond donors (Lipinski definition) is 4. The van der Waals surface area contributed by atoms with Crippen LogP contribution in [0.5, 0.6) is 0 Å². The van der Waals surface area contributed by atoms with Crippen molar-refractivity contribution in [1.29, 1.82) is 0 Å². The van der Waals surface area contributed by atoms with Gasteiger partial charge in [0.1, 0.15) is 0 Å². The zero-order valence-electron chi connectivity index (χ0n) is 19.8. The van der Waals surface area contributed by atoms with Crippen LogP contribution >= 0.6 is 15.9 Å². The molecule has 3 atom stereocenters. The van der Waals surface area contributed by atoms with Crippen LogP contribution in [-0.2, 0) is 21.7 Å². The molecule has 8 heteroatoms. The smallest absolute Gasteiger partial charge is 0.264 e. The number of nitrogens with zero attached hydrogens (tertiary/aromatic N) is 1. The lowest BCUT2D eigenvalue weighted by Gasteiger charge is -2.27. The number of amides is 2. The van der Waals surface area contributed by atoms with Crippen molar-refractivity contribution in [3.63, 3.8) is 0 Å². The van der Waals surface area contributed by atoms with Crippen molar-refractivity contribution >= 4 is 39.1 Å². The quantitative estimate of drug-likeness (QED) is 0.381. The van der Waals surface area contributed by atoms with Crippen molar-refractivity contribution in [3.05, 3.63) is 70.2 Å². The molecule has 7 nitrogen and oxygen atoms in total. The summed E-state index contributed by atoms with van der Waals surface area (Å²) < 4.78 is 0.782. The summed E-state index contributed by atoms with van der Waals surface area (Å²) in [6.07, 6.45) is 5.92. The van der Waals surface area contributed by atoms with E-state index in [1.807, 2.05) is 36.4 Å². The van der Waals surface area contributed by atoms with Gasteiger partial charge in [0, 0.05) is 34.8 Å². The van der Waals surface area contributed by atoms with E-state index < -0.39 is 11.5 Å².